The molecule has 3 heteroatoms. The Hall–Kier alpha value is -1.37. The fourth-order valence-corrected chi connectivity index (χ4v) is 2.93. The van der Waals surface area contributed by atoms with Crippen molar-refractivity contribution in [3.63, 3.8) is 0 Å². The molecule has 2 aromatic rings. The molecule has 0 aliphatic rings. The largest absolute Gasteiger partial charge is 0.329 e. The summed E-state index contributed by atoms with van der Waals surface area (Å²) in [6.07, 6.45) is 0. The van der Waals surface area contributed by atoms with Crippen LogP contribution in [0.4, 0.5) is 0 Å². The van der Waals surface area contributed by atoms with E-state index in [1.54, 1.807) is 6.66 Å². The van der Waals surface area contributed by atoms with Gasteiger partial charge in [-0.1, -0.05) is 53.1 Å². The Morgan fingerprint density at radius 3 is 1.60 bits per heavy atom. The minimum Gasteiger partial charge on any atom is -0.329 e. The molecule has 0 amide bonds. The standard InChI is InChI=1S/C9H12.C8H11O2P/c1-7-4-8(2)6-9(3)5-7;1-10-11(2,9)8-6-4-3-5-7-8/h4-6H,1-3H3;3-7H,1-2H3. The van der Waals surface area contributed by atoms with Crippen molar-refractivity contribution < 1.29 is 9.09 Å². The van der Waals surface area contributed by atoms with Gasteiger partial charge in [-0.2, -0.15) is 0 Å². The molecular weight excluding hydrogens is 267 g/mol. The molecule has 0 fully saturated rings. The summed E-state index contributed by atoms with van der Waals surface area (Å²) in [7, 11) is -1.06. The molecule has 0 heterocycles. The van der Waals surface area contributed by atoms with E-state index in [1.807, 2.05) is 30.3 Å². The summed E-state index contributed by atoms with van der Waals surface area (Å²) in [4.78, 5) is 0. The van der Waals surface area contributed by atoms with E-state index in [0.29, 0.717) is 0 Å². The molecule has 0 aliphatic heterocycles. The van der Waals surface area contributed by atoms with Crippen molar-refractivity contribution >= 4 is 12.7 Å². The first-order valence-electron chi connectivity index (χ1n) is 6.59. The topological polar surface area (TPSA) is 26.3 Å². The van der Waals surface area contributed by atoms with Crippen molar-refractivity contribution in [3.8, 4) is 0 Å². The summed E-state index contributed by atoms with van der Waals surface area (Å²) in [5.41, 5.74) is 4.06. The van der Waals surface area contributed by atoms with Crippen LogP contribution in [0.2, 0.25) is 0 Å². The highest BCUT2D eigenvalue weighted by atomic mass is 31.2. The molecule has 1 unspecified atom stereocenters. The predicted molar refractivity (Wildman–Crippen MR) is 87.3 cm³/mol. The number of hydrogen-bond acceptors (Lipinski definition) is 2. The molecular formula is C17H23O2P. The molecule has 2 aromatic carbocycles. The Labute approximate surface area is 122 Å². The van der Waals surface area contributed by atoms with E-state index in [2.05, 4.69) is 39.0 Å². The minimum atomic E-state index is -2.53. The van der Waals surface area contributed by atoms with Gasteiger partial charge in [0.15, 0.2) is 0 Å². The Balaban J connectivity index is 0.000000204. The summed E-state index contributed by atoms with van der Waals surface area (Å²) in [5, 5.41) is 0.766. The first-order chi connectivity index (χ1) is 9.35. The van der Waals surface area contributed by atoms with E-state index in [9.17, 15) is 4.57 Å². The van der Waals surface area contributed by atoms with Crippen LogP contribution in [0.3, 0.4) is 0 Å². The predicted octanol–water partition coefficient (Wildman–Crippen LogP) is 4.48. The molecule has 1 atom stereocenters. The highest BCUT2D eigenvalue weighted by molar-refractivity contribution is 7.66. The van der Waals surface area contributed by atoms with Crippen LogP contribution in [0.1, 0.15) is 16.7 Å². The molecule has 2 nitrogen and oxygen atoms in total. The molecule has 0 radical (unpaired) electrons. The third-order valence-electron chi connectivity index (χ3n) is 2.94. The summed E-state index contributed by atoms with van der Waals surface area (Å²) >= 11 is 0. The summed E-state index contributed by atoms with van der Waals surface area (Å²) in [6, 6.07) is 15.8. The van der Waals surface area contributed by atoms with Gasteiger partial charge in [-0.25, -0.2) is 0 Å². The normalized spacial score (nSPS) is 13.1. The zero-order valence-corrected chi connectivity index (χ0v) is 13.8. The zero-order chi connectivity index (χ0) is 15.2. The fourth-order valence-electron chi connectivity index (χ4n) is 2.01. The Bertz CT molecular complexity index is 541. The summed E-state index contributed by atoms with van der Waals surface area (Å²) in [6.45, 7) is 7.99. The highest BCUT2D eigenvalue weighted by Crippen LogP contribution is 2.39. The quantitative estimate of drug-likeness (QED) is 0.762. The lowest BCUT2D eigenvalue weighted by Gasteiger charge is -2.09. The highest BCUT2D eigenvalue weighted by Gasteiger charge is 2.15. The molecule has 0 bridgehead atoms. The molecule has 0 N–H and O–H groups in total. The van der Waals surface area contributed by atoms with Gasteiger partial charge < -0.3 is 4.52 Å². The van der Waals surface area contributed by atoms with Crippen LogP contribution in [0.5, 0.6) is 0 Å². The molecule has 2 rings (SSSR count). The molecule has 0 saturated carbocycles. The van der Waals surface area contributed by atoms with Gasteiger partial charge in [0.05, 0.1) is 0 Å². The molecule has 0 spiro atoms. The Morgan fingerprint density at radius 1 is 0.850 bits per heavy atom. The van der Waals surface area contributed by atoms with Crippen LogP contribution in [-0.4, -0.2) is 13.8 Å². The number of benzene rings is 2. The summed E-state index contributed by atoms with van der Waals surface area (Å²) in [5.74, 6) is 0. The van der Waals surface area contributed by atoms with Gasteiger partial charge in [0, 0.05) is 19.1 Å². The van der Waals surface area contributed by atoms with Crippen LogP contribution in [-0.2, 0) is 9.09 Å². The average Bonchev–Trinajstić information content (AvgIpc) is 2.39. The van der Waals surface area contributed by atoms with Crippen molar-refractivity contribution in [2.24, 2.45) is 0 Å². The monoisotopic (exact) mass is 290 g/mol. The fraction of sp³-hybridized carbons (Fsp3) is 0.294. The number of hydrogen-bond donors (Lipinski definition) is 0. The average molecular weight is 290 g/mol. The molecule has 0 aliphatic carbocycles. The van der Waals surface area contributed by atoms with Gasteiger partial charge in [0.25, 0.3) is 0 Å². The lowest BCUT2D eigenvalue weighted by molar-refractivity contribution is 0.408. The van der Waals surface area contributed by atoms with Gasteiger partial charge >= 0.3 is 0 Å². The van der Waals surface area contributed by atoms with Crippen LogP contribution in [0, 0.1) is 20.8 Å². The first-order valence-corrected chi connectivity index (χ1v) is 8.66. The lowest BCUT2D eigenvalue weighted by Crippen LogP contribution is -2.03. The summed E-state index contributed by atoms with van der Waals surface area (Å²) < 4.78 is 16.4. The van der Waals surface area contributed by atoms with E-state index in [1.165, 1.54) is 23.8 Å². The van der Waals surface area contributed by atoms with Crippen molar-refractivity contribution in [1.29, 1.82) is 0 Å². The molecule has 20 heavy (non-hydrogen) atoms. The second kappa shape index (κ2) is 7.42. The maximum Gasteiger partial charge on any atom is 0.228 e. The van der Waals surface area contributed by atoms with Crippen LogP contribution < -0.4 is 5.30 Å². The van der Waals surface area contributed by atoms with Gasteiger partial charge in [0.1, 0.15) is 0 Å². The third-order valence-corrected chi connectivity index (χ3v) is 4.87. The van der Waals surface area contributed by atoms with Gasteiger partial charge in [-0.15, -0.1) is 0 Å². The van der Waals surface area contributed by atoms with Crippen molar-refractivity contribution in [1.82, 2.24) is 0 Å². The third kappa shape index (κ3) is 5.32. The van der Waals surface area contributed by atoms with Crippen LogP contribution >= 0.6 is 7.37 Å². The zero-order valence-electron chi connectivity index (χ0n) is 12.9. The second-order valence-electron chi connectivity index (χ2n) is 5.03. The minimum absolute atomic E-state index is 0.766. The van der Waals surface area contributed by atoms with E-state index >= 15 is 0 Å². The number of rotatable bonds is 2. The van der Waals surface area contributed by atoms with E-state index in [4.69, 9.17) is 4.52 Å². The van der Waals surface area contributed by atoms with E-state index in [0.717, 1.165) is 5.30 Å². The molecule has 0 saturated heterocycles. The second-order valence-corrected chi connectivity index (χ2v) is 7.60. The van der Waals surface area contributed by atoms with Crippen molar-refractivity contribution in [2.75, 3.05) is 13.8 Å². The van der Waals surface area contributed by atoms with Gasteiger partial charge in [-0.05, 0) is 32.9 Å². The Morgan fingerprint density at radius 2 is 1.25 bits per heavy atom. The Kier molecular flexibility index (Phi) is 6.19. The number of aryl methyl sites for hydroxylation is 3. The maximum absolute atomic E-state index is 11.6. The molecule has 108 valence electrons. The van der Waals surface area contributed by atoms with Gasteiger partial charge in [-0.3, -0.25) is 4.57 Å². The van der Waals surface area contributed by atoms with E-state index in [-0.39, 0.29) is 0 Å². The maximum atomic E-state index is 11.6. The first kappa shape index (κ1) is 16.7. The van der Waals surface area contributed by atoms with Gasteiger partial charge in [0.2, 0.25) is 7.37 Å². The van der Waals surface area contributed by atoms with Crippen molar-refractivity contribution in [2.45, 2.75) is 20.8 Å². The van der Waals surface area contributed by atoms with Crippen LogP contribution in [0.15, 0.2) is 48.5 Å². The SMILES string of the molecule is COP(C)(=O)c1ccccc1.Cc1cc(C)cc(C)c1. The van der Waals surface area contributed by atoms with Crippen molar-refractivity contribution in [3.05, 3.63) is 65.2 Å². The smallest absolute Gasteiger partial charge is 0.228 e. The van der Waals surface area contributed by atoms with Crippen LogP contribution in [0.25, 0.3) is 0 Å². The molecule has 0 aromatic heterocycles. The van der Waals surface area contributed by atoms with E-state index < -0.39 is 7.37 Å². The lowest BCUT2D eigenvalue weighted by atomic mass is 10.1.